The molecule has 0 bridgehead atoms. The van der Waals surface area contributed by atoms with Crippen LogP contribution in [0.25, 0.3) is 10.8 Å². The van der Waals surface area contributed by atoms with Crippen molar-refractivity contribution >= 4 is 23.0 Å². The Balaban J connectivity index is 1.76. The number of rotatable bonds is 4. The number of esters is 1. The molecule has 31 heavy (non-hydrogen) atoms. The number of aldehydes is 1. The fourth-order valence-electron chi connectivity index (χ4n) is 4.85. The summed E-state index contributed by atoms with van der Waals surface area (Å²) in [7, 11) is 1.38. The van der Waals surface area contributed by atoms with Gasteiger partial charge in [0.05, 0.1) is 18.6 Å². The lowest BCUT2D eigenvalue weighted by Gasteiger charge is -2.42. The summed E-state index contributed by atoms with van der Waals surface area (Å²) in [6.45, 7) is 9.22. The van der Waals surface area contributed by atoms with E-state index in [-0.39, 0.29) is 22.7 Å². The van der Waals surface area contributed by atoms with Gasteiger partial charge in [0.15, 0.2) is 0 Å². The maximum atomic E-state index is 12.2. The standard InChI is InChI=1S/C28H30O3/c1-27(2)12-13-28(3,4)25-16-21(10-11-24(25)27)23(17-29)20-8-6-19-15-22(26(30)31-5)9-7-18(19)14-20/h6-11,14-17,23H,12-13H2,1-5H3. The molecular formula is C28H30O3. The highest BCUT2D eigenvalue weighted by Crippen LogP contribution is 2.46. The largest absolute Gasteiger partial charge is 0.465 e. The molecule has 3 aromatic carbocycles. The summed E-state index contributed by atoms with van der Waals surface area (Å²) in [4.78, 5) is 24.0. The SMILES string of the molecule is COC(=O)c1ccc2cc(C(C=O)c3ccc4c(c3)C(C)(C)CCC4(C)C)ccc2c1. The normalized spacial score (nSPS) is 17.6. The molecule has 0 spiro atoms. The van der Waals surface area contributed by atoms with E-state index in [2.05, 4.69) is 45.9 Å². The number of hydrogen-bond acceptors (Lipinski definition) is 3. The summed E-state index contributed by atoms with van der Waals surface area (Å²) >= 11 is 0. The Morgan fingerprint density at radius 2 is 1.42 bits per heavy atom. The first-order valence-corrected chi connectivity index (χ1v) is 10.9. The fourth-order valence-corrected chi connectivity index (χ4v) is 4.85. The Bertz CT molecular complexity index is 1170. The molecule has 3 nitrogen and oxygen atoms in total. The Morgan fingerprint density at radius 1 is 0.839 bits per heavy atom. The number of hydrogen-bond donors (Lipinski definition) is 0. The lowest BCUT2D eigenvalue weighted by Crippen LogP contribution is -2.34. The average molecular weight is 415 g/mol. The van der Waals surface area contributed by atoms with Gasteiger partial charge in [-0.2, -0.15) is 0 Å². The molecule has 0 amide bonds. The minimum atomic E-state index is -0.351. The number of benzene rings is 3. The molecule has 1 aliphatic carbocycles. The second kappa shape index (κ2) is 7.64. The quantitative estimate of drug-likeness (QED) is 0.371. The number of carbonyl (C=O) groups is 2. The molecule has 0 heterocycles. The van der Waals surface area contributed by atoms with Crippen LogP contribution in [-0.4, -0.2) is 19.4 Å². The van der Waals surface area contributed by atoms with E-state index in [1.807, 2.05) is 30.3 Å². The lowest BCUT2D eigenvalue weighted by atomic mass is 9.62. The predicted molar refractivity (Wildman–Crippen MR) is 125 cm³/mol. The maximum absolute atomic E-state index is 12.2. The van der Waals surface area contributed by atoms with E-state index in [0.717, 1.165) is 34.6 Å². The second-order valence-corrected chi connectivity index (χ2v) is 10.00. The highest BCUT2D eigenvalue weighted by atomic mass is 16.5. The third-order valence-electron chi connectivity index (χ3n) is 7.02. The molecule has 1 aliphatic rings. The molecule has 1 atom stereocenters. The predicted octanol–water partition coefficient (Wildman–Crippen LogP) is 6.31. The Morgan fingerprint density at radius 3 is 2.10 bits per heavy atom. The van der Waals surface area contributed by atoms with Crippen LogP contribution in [0.5, 0.6) is 0 Å². The third-order valence-corrected chi connectivity index (χ3v) is 7.02. The Hall–Kier alpha value is -2.94. The van der Waals surface area contributed by atoms with E-state index in [4.69, 9.17) is 4.74 Å². The first-order chi connectivity index (χ1) is 14.7. The monoisotopic (exact) mass is 414 g/mol. The van der Waals surface area contributed by atoms with Gasteiger partial charge < -0.3 is 9.53 Å². The van der Waals surface area contributed by atoms with Crippen LogP contribution < -0.4 is 0 Å². The zero-order valence-corrected chi connectivity index (χ0v) is 19.0. The van der Waals surface area contributed by atoms with Crippen molar-refractivity contribution in [3.8, 4) is 0 Å². The van der Waals surface area contributed by atoms with Gasteiger partial charge in [0.25, 0.3) is 0 Å². The molecule has 160 valence electrons. The molecule has 0 radical (unpaired) electrons. The second-order valence-electron chi connectivity index (χ2n) is 10.00. The summed E-state index contributed by atoms with van der Waals surface area (Å²) in [6, 6.07) is 18.1. The zero-order chi connectivity index (χ0) is 22.4. The molecule has 0 saturated carbocycles. The van der Waals surface area contributed by atoms with Crippen LogP contribution in [0.3, 0.4) is 0 Å². The molecular weight excluding hydrogens is 384 g/mol. The topological polar surface area (TPSA) is 43.4 Å². The van der Waals surface area contributed by atoms with Crippen LogP contribution in [0, 0.1) is 0 Å². The molecule has 3 heteroatoms. The summed E-state index contributed by atoms with van der Waals surface area (Å²) in [5.41, 5.74) is 5.52. The first kappa shape index (κ1) is 21.3. The molecule has 3 aromatic rings. The van der Waals surface area contributed by atoms with Gasteiger partial charge in [-0.15, -0.1) is 0 Å². The number of fused-ring (bicyclic) bond motifs is 2. The molecule has 0 aromatic heterocycles. The summed E-state index contributed by atoms with van der Waals surface area (Å²) in [5.74, 6) is -0.674. The van der Waals surface area contributed by atoms with Gasteiger partial charge in [-0.1, -0.05) is 70.2 Å². The number of carbonyl (C=O) groups excluding carboxylic acids is 2. The molecule has 4 rings (SSSR count). The number of ether oxygens (including phenoxy) is 1. The van der Waals surface area contributed by atoms with Gasteiger partial charge >= 0.3 is 5.97 Å². The van der Waals surface area contributed by atoms with Gasteiger partial charge in [-0.3, -0.25) is 0 Å². The molecule has 0 N–H and O–H groups in total. The van der Waals surface area contributed by atoms with Crippen molar-refractivity contribution in [2.24, 2.45) is 0 Å². The van der Waals surface area contributed by atoms with Crippen molar-refractivity contribution in [1.82, 2.24) is 0 Å². The molecule has 0 aliphatic heterocycles. The Kier molecular flexibility index (Phi) is 5.25. The van der Waals surface area contributed by atoms with Crippen LogP contribution in [-0.2, 0) is 20.4 Å². The maximum Gasteiger partial charge on any atom is 0.337 e. The van der Waals surface area contributed by atoms with Crippen molar-refractivity contribution in [3.63, 3.8) is 0 Å². The minimum Gasteiger partial charge on any atom is -0.465 e. The van der Waals surface area contributed by atoms with Gasteiger partial charge in [0.1, 0.15) is 6.29 Å². The molecule has 0 saturated heterocycles. The van der Waals surface area contributed by atoms with Gasteiger partial charge in [-0.05, 0) is 68.8 Å². The summed E-state index contributed by atoms with van der Waals surface area (Å²) in [6.07, 6.45) is 3.34. The molecule has 0 fully saturated rings. The van der Waals surface area contributed by atoms with E-state index in [1.54, 1.807) is 6.07 Å². The fraction of sp³-hybridized carbons (Fsp3) is 0.357. The van der Waals surface area contributed by atoms with Crippen LogP contribution in [0.2, 0.25) is 0 Å². The van der Waals surface area contributed by atoms with E-state index in [1.165, 1.54) is 24.7 Å². The van der Waals surface area contributed by atoms with E-state index in [0.29, 0.717) is 5.56 Å². The van der Waals surface area contributed by atoms with E-state index >= 15 is 0 Å². The van der Waals surface area contributed by atoms with Crippen molar-refractivity contribution in [3.05, 3.63) is 82.4 Å². The minimum absolute atomic E-state index is 0.0992. The van der Waals surface area contributed by atoms with Crippen LogP contribution in [0.1, 0.15) is 79.1 Å². The average Bonchev–Trinajstić information content (AvgIpc) is 2.76. The zero-order valence-electron chi connectivity index (χ0n) is 19.0. The smallest absolute Gasteiger partial charge is 0.337 e. The van der Waals surface area contributed by atoms with Crippen molar-refractivity contribution < 1.29 is 14.3 Å². The van der Waals surface area contributed by atoms with Crippen molar-refractivity contribution in [1.29, 1.82) is 0 Å². The van der Waals surface area contributed by atoms with Crippen LogP contribution in [0.4, 0.5) is 0 Å². The highest BCUT2D eigenvalue weighted by molar-refractivity contribution is 5.95. The summed E-state index contributed by atoms with van der Waals surface area (Å²) in [5, 5.41) is 1.95. The van der Waals surface area contributed by atoms with Crippen LogP contribution in [0.15, 0.2) is 54.6 Å². The summed E-state index contributed by atoms with van der Waals surface area (Å²) < 4.78 is 4.81. The van der Waals surface area contributed by atoms with E-state index < -0.39 is 0 Å². The van der Waals surface area contributed by atoms with Crippen LogP contribution >= 0.6 is 0 Å². The van der Waals surface area contributed by atoms with Gasteiger partial charge in [0, 0.05) is 0 Å². The number of methoxy groups -OCH3 is 1. The Labute approximate surface area is 184 Å². The lowest BCUT2D eigenvalue weighted by molar-refractivity contribution is -0.108. The van der Waals surface area contributed by atoms with Gasteiger partial charge in [0.2, 0.25) is 0 Å². The highest BCUT2D eigenvalue weighted by Gasteiger charge is 2.37. The molecule has 1 unspecified atom stereocenters. The van der Waals surface area contributed by atoms with E-state index in [9.17, 15) is 9.59 Å². The first-order valence-electron chi connectivity index (χ1n) is 10.9. The van der Waals surface area contributed by atoms with Crippen molar-refractivity contribution in [2.45, 2.75) is 57.3 Å². The van der Waals surface area contributed by atoms with Crippen molar-refractivity contribution in [2.75, 3.05) is 7.11 Å². The van der Waals surface area contributed by atoms with Gasteiger partial charge in [-0.25, -0.2) is 4.79 Å². The third kappa shape index (κ3) is 3.78.